The van der Waals surface area contributed by atoms with Crippen LogP contribution in [0.25, 0.3) is 0 Å². The van der Waals surface area contributed by atoms with E-state index >= 15 is 0 Å². The summed E-state index contributed by atoms with van der Waals surface area (Å²) in [6.07, 6.45) is 1.56. The van der Waals surface area contributed by atoms with Gasteiger partial charge in [0.25, 0.3) is 5.91 Å². The first-order valence-corrected chi connectivity index (χ1v) is 9.75. The van der Waals surface area contributed by atoms with Gasteiger partial charge in [0.15, 0.2) is 0 Å². The molecule has 1 aliphatic heterocycles. The molecular formula is C18H20FN3O3S. The second-order valence-electron chi connectivity index (χ2n) is 6.13. The van der Waals surface area contributed by atoms with Crippen molar-refractivity contribution in [3.8, 4) is 0 Å². The van der Waals surface area contributed by atoms with Gasteiger partial charge in [-0.1, -0.05) is 0 Å². The van der Waals surface area contributed by atoms with Gasteiger partial charge in [-0.05, 0) is 61.4 Å². The highest BCUT2D eigenvalue weighted by atomic mass is 32.2. The zero-order valence-corrected chi connectivity index (χ0v) is 14.9. The van der Waals surface area contributed by atoms with Crippen LogP contribution in [0.4, 0.5) is 10.1 Å². The fourth-order valence-electron chi connectivity index (χ4n) is 3.01. The average molecular weight is 377 g/mol. The molecule has 0 aliphatic carbocycles. The van der Waals surface area contributed by atoms with E-state index in [2.05, 4.69) is 5.32 Å². The fourth-order valence-corrected chi connectivity index (χ4v) is 4.72. The first-order valence-electron chi connectivity index (χ1n) is 8.31. The van der Waals surface area contributed by atoms with Crippen molar-refractivity contribution in [2.75, 3.05) is 18.4 Å². The number of nitrogens with zero attached hydrogens (tertiary/aromatic N) is 1. The first-order chi connectivity index (χ1) is 12.4. The third kappa shape index (κ3) is 3.77. The Labute approximate surface area is 151 Å². The third-order valence-electron chi connectivity index (χ3n) is 4.42. The largest absolute Gasteiger partial charge is 0.329 e. The molecule has 1 fully saturated rings. The van der Waals surface area contributed by atoms with Gasteiger partial charge in [0.1, 0.15) is 5.82 Å². The van der Waals surface area contributed by atoms with E-state index in [4.69, 9.17) is 5.73 Å². The number of nitrogens with two attached hydrogens (primary N) is 1. The van der Waals surface area contributed by atoms with Crippen LogP contribution in [0.5, 0.6) is 0 Å². The van der Waals surface area contributed by atoms with Gasteiger partial charge in [0.2, 0.25) is 10.0 Å². The highest BCUT2D eigenvalue weighted by Gasteiger charge is 2.34. The maximum atomic E-state index is 12.9. The van der Waals surface area contributed by atoms with Crippen molar-refractivity contribution in [2.45, 2.75) is 23.8 Å². The van der Waals surface area contributed by atoms with Crippen molar-refractivity contribution in [3.05, 3.63) is 59.9 Å². The molecule has 0 saturated carbocycles. The number of rotatable bonds is 5. The minimum absolute atomic E-state index is 0.164. The Morgan fingerprint density at radius 1 is 1.15 bits per heavy atom. The Balaban J connectivity index is 1.74. The van der Waals surface area contributed by atoms with Crippen LogP contribution in [-0.2, 0) is 10.0 Å². The first kappa shape index (κ1) is 18.5. The summed E-state index contributed by atoms with van der Waals surface area (Å²) < 4.78 is 39.8. The summed E-state index contributed by atoms with van der Waals surface area (Å²) in [6, 6.07) is 11.0. The molecule has 0 aromatic heterocycles. The Morgan fingerprint density at radius 2 is 1.81 bits per heavy atom. The monoisotopic (exact) mass is 377 g/mol. The second kappa shape index (κ2) is 7.53. The maximum Gasteiger partial charge on any atom is 0.255 e. The molecule has 138 valence electrons. The van der Waals surface area contributed by atoms with Crippen LogP contribution in [0.2, 0.25) is 0 Å². The van der Waals surface area contributed by atoms with Gasteiger partial charge in [0, 0.05) is 30.4 Å². The molecule has 6 nitrogen and oxygen atoms in total. The Hall–Kier alpha value is -2.29. The summed E-state index contributed by atoms with van der Waals surface area (Å²) in [5.41, 5.74) is 6.43. The minimum atomic E-state index is -3.60. The lowest BCUT2D eigenvalue weighted by atomic mass is 10.2. The molecule has 3 rings (SSSR count). The summed E-state index contributed by atoms with van der Waals surface area (Å²) >= 11 is 0. The standard InChI is InChI=1S/C18H20FN3O3S/c19-14-5-3-13(4-6-14)18(23)21-15-7-9-17(10-8-15)26(24,25)22-11-1-2-16(22)12-20/h3-10,16H,1-2,11-12,20H2,(H,21,23). The van der Waals surface area contributed by atoms with Gasteiger partial charge in [-0.15, -0.1) is 0 Å². The van der Waals surface area contributed by atoms with Crippen LogP contribution in [0.15, 0.2) is 53.4 Å². The van der Waals surface area contributed by atoms with Gasteiger partial charge >= 0.3 is 0 Å². The summed E-state index contributed by atoms with van der Waals surface area (Å²) in [6.45, 7) is 0.762. The smallest absolute Gasteiger partial charge is 0.255 e. The molecule has 1 atom stereocenters. The van der Waals surface area contributed by atoms with Crippen LogP contribution < -0.4 is 11.1 Å². The molecule has 0 radical (unpaired) electrons. The lowest BCUT2D eigenvalue weighted by molar-refractivity contribution is 0.102. The van der Waals surface area contributed by atoms with E-state index < -0.39 is 21.7 Å². The van der Waals surface area contributed by atoms with E-state index in [9.17, 15) is 17.6 Å². The molecule has 3 N–H and O–H groups in total. The van der Waals surface area contributed by atoms with Gasteiger partial charge in [-0.3, -0.25) is 4.79 Å². The molecule has 1 aliphatic rings. The molecule has 26 heavy (non-hydrogen) atoms. The number of sulfonamides is 1. The molecule has 0 spiro atoms. The number of carbonyl (C=O) groups is 1. The van der Waals surface area contributed by atoms with Crippen molar-refractivity contribution in [1.82, 2.24) is 4.31 Å². The van der Waals surface area contributed by atoms with Crippen LogP contribution in [0, 0.1) is 5.82 Å². The Bertz CT molecular complexity index is 883. The third-order valence-corrected chi connectivity index (χ3v) is 6.39. The van der Waals surface area contributed by atoms with E-state index in [1.807, 2.05) is 0 Å². The zero-order chi connectivity index (χ0) is 18.7. The Morgan fingerprint density at radius 3 is 2.42 bits per heavy atom. The van der Waals surface area contributed by atoms with E-state index in [1.165, 1.54) is 52.8 Å². The van der Waals surface area contributed by atoms with E-state index in [0.29, 0.717) is 24.3 Å². The summed E-state index contributed by atoms with van der Waals surface area (Å²) in [5.74, 6) is -0.822. The van der Waals surface area contributed by atoms with E-state index in [0.717, 1.165) is 12.8 Å². The maximum absolute atomic E-state index is 12.9. The van der Waals surface area contributed by atoms with Crippen LogP contribution >= 0.6 is 0 Å². The molecule has 0 bridgehead atoms. The molecular weight excluding hydrogens is 357 g/mol. The van der Waals surface area contributed by atoms with E-state index in [1.54, 1.807) is 0 Å². The van der Waals surface area contributed by atoms with Gasteiger partial charge < -0.3 is 11.1 Å². The number of benzene rings is 2. The number of anilines is 1. The van der Waals surface area contributed by atoms with Crippen molar-refractivity contribution in [1.29, 1.82) is 0 Å². The molecule has 1 saturated heterocycles. The van der Waals surface area contributed by atoms with Crippen molar-refractivity contribution >= 4 is 21.6 Å². The highest BCUT2D eigenvalue weighted by Crippen LogP contribution is 2.26. The molecule has 1 amide bonds. The topological polar surface area (TPSA) is 92.5 Å². The highest BCUT2D eigenvalue weighted by molar-refractivity contribution is 7.89. The second-order valence-corrected chi connectivity index (χ2v) is 8.02. The summed E-state index contributed by atoms with van der Waals surface area (Å²) in [7, 11) is -3.60. The zero-order valence-electron chi connectivity index (χ0n) is 14.1. The van der Waals surface area contributed by atoms with E-state index in [-0.39, 0.29) is 10.9 Å². The SMILES string of the molecule is NCC1CCCN1S(=O)(=O)c1ccc(NC(=O)c2ccc(F)cc2)cc1. The minimum Gasteiger partial charge on any atom is -0.329 e. The lowest BCUT2D eigenvalue weighted by Crippen LogP contribution is -2.39. The molecule has 1 heterocycles. The lowest BCUT2D eigenvalue weighted by Gasteiger charge is -2.22. The Kier molecular flexibility index (Phi) is 5.36. The predicted molar refractivity (Wildman–Crippen MR) is 96.8 cm³/mol. The average Bonchev–Trinajstić information content (AvgIpc) is 3.12. The fraction of sp³-hybridized carbons (Fsp3) is 0.278. The van der Waals surface area contributed by atoms with Gasteiger partial charge in [-0.2, -0.15) is 4.31 Å². The number of hydrogen-bond acceptors (Lipinski definition) is 4. The summed E-state index contributed by atoms with van der Waals surface area (Å²) in [5, 5.41) is 2.66. The van der Waals surface area contributed by atoms with Gasteiger partial charge in [-0.25, -0.2) is 12.8 Å². The summed E-state index contributed by atoms with van der Waals surface area (Å²) in [4.78, 5) is 12.3. The quantitative estimate of drug-likeness (QED) is 0.835. The molecule has 2 aromatic carbocycles. The normalized spacial score (nSPS) is 18.0. The number of nitrogens with one attached hydrogen (secondary N) is 1. The number of carbonyl (C=O) groups excluding carboxylic acids is 1. The number of halogens is 1. The molecule has 8 heteroatoms. The predicted octanol–water partition coefficient (Wildman–Crippen LogP) is 2.19. The number of amides is 1. The van der Waals surface area contributed by atoms with Crippen LogP contribution in [-0.4, -0.2) is 37.8 Å². The van der Waals surface area contributed by atoms with Crippen molar-refractivity contribution in [3.63, 3.8) is 0 Å². The molecule has 1 unspecified atom stereocenters. The molecule has 2 aromatic rings. The van der Waals surface area contributed by atoms with Crippen molar-refractivity contribution in [2.24, 2.45) is 5.73 Å². The van der Waals surface area contributed by atoms with Crippen LogP contribution in [0.1, 0.15) is 23.2 Å². The number of hydrogen-bond donors (Lipinski definition) is 2. The van der Waals surface area contributed by atoms with Crippen LogP contribution in [0.3, 0.4) is 0 Å². The van der Waals surface area contributed by atoms with Gasteiger partial charge in [0.05, 0.1) is 4.90 Å². The van der Waals surface area contributed by atoms with Crippen molar-refractivity contribution < 1.29 is 17.6 Å².